The lowest BCUT2D eigenvalue weighted by molar-refractivity contribution is -0.129. The topological polar surface area (TPSA) is 84.0 Å². The average molecular weight is 361 g/mol. The van der Waals surface area contributed by atoms with Crippen molar-refractivity contribution in [1.29, 1.82) is 0 Å². The van der Waals surface area contributed by atoms with Gasteiger partial charge in [0, 0.05) is 18.1 Å². The number of aryl methyl sites for hydroxylation is 1. The van der Waals surface area contributed by atoms with Crippen molar-refractivity contribution < 1.29 is 9.59 Å². The zero-order valence-electron chi connectivity index (χ0n) is 12.8. The van der Waals surface area contributed by atoms with Gasteiger partial charge < -0.3 is 10.6 Å². The smallest absolute Gasteiger partial charge is 0.243 e. The summed E-state index contributed by atoms with van der Waals surface area (Å²) in [5.41, 5.74) is 0. The van der Waals surface area contributed by atoms with Gasteiger partial charge in [0.25, 0.3) is 0 Å². The molecule has 2 rings (SSSR count). The molecule has 22 heavy (non-hydrogen) atoms. The van der Waals surface area contributed by atoms with Crippen LogP contribution in [0, 0.1) is 6.92 Å². The van der Waals surface area contributed by atoms with Gasteiger partial charge in [-0.3, -0.25) is 9.59 Å². The standard InChI is InChI=1S/C13H20N4O2S3/c1-8-16-17-12(22-8)20-6-4-5-14-10(18)9-7-21-13(2,3)11(19)15-9/h9H,4-7H2,1-3H3,(H,14,18)(H,15,19). The Balaban J connectivity index is 1.63. The molecule has 2 N–H and O–H groups in total. The molecule has 0 radical (unpaired) electrons. The summed E-state index contributed by atoms with van der Waals surface area (Å²) in [6.45, 7) is 6.27. The molecule has 1 atom stereocenters. The molecule has 1 aromatic rings. The number of amides is 2. The molecule has 9 heteroatoms. The number of nitrogens with zero attached hydrogens (tertiary/aromatic N) is 2. The minimum Gasteiger partial charge on any atom is -0.354 e. The highest BCUT2D eigenvalue weighted by atomic mass is 32.2. The van der Waals surface area contributed by atoms with Crippen LogP contribution < -0.4 is 10.6 Å². The molecule has 1 aliphatic heterocycles. The van der Waals surface area contributed by atoms with E-state index in [1.807, 2.05) is 20.8 Å². The van der Waals surface area contributed by atoms with E-state index in [2.05, 4.69) is 20.8 Å². The van der Waals surface area contributed by atoms with Crippen LogP contribution in [0.4, 0.5) is 0 Å². The van der Waals surface area contributed by atoms with Gasteiger partial charge in [-0.2, -0.15) is 0 Å². The van der Waals surface area contributed by atoms with Crippen molar-refractivity contribution in [1.82, 2.24) is 20.8 Å². The predicted octanol–water partition coefficient (Wildman–Crippen LogP) is 1.46. The van der Waals surface area contributed by atoms with Crippen molar-refractivity contribution in [2.75, 3.05) is 18.1 Å². The minimum atomic E-state index is -0.451. The van der Waals surface area contributed by atoms with E-state index < -0.39 is 10.8 Å². The second-order valence-electron chi connectivity index (χ2n) is 5.43. The number of carbonyl (C=O) groups excluding carboxylic acids is 2. The second kappa shape index (κ2) is 7.65. The zero-order valence-corrected chi connectivity index (χ0v) is 15.3. The number of nitrogens with one attached hydrogen (secondary N) is 2. The van der Waals surface area contributed by atoms with Gasteiger partial charge in [-0.15, -0.1) is 22.0 Å². The van der Waals surface area contributed by atoms with E-state index in [9.17, 15) is 9.59 Å². The summed E-state index contributed by atoms with van der Waals surface area (Å²) in [4.78, 5) is 23.9. The van der Waals surface area contributed by atoms with Crippen molar-refractivity contribution >= 4 is 46.7 Å². The second-order valence-corrected chi connectivity index (χ2v) is 9.59. The van der Waals surface area contributed by atoms with Gasteiger partial charge in [-0.25, -0.2) is 0 Å². The molecule has 2 heterocycles. The van der Waals surface area contributed by atoms with Gasteiger partial charge >= 0.3 is 0 Å². The summed E-state index contributed by atoms with van der Waals surface area (Å²) in [5.74, 6) is 1.32. The molecule has 2 amide bonds. The van der Waals surface area contributed by atoms with E-state index in [4.69, 9.17) is 0 Å². The van der Waals surface area contributed by atoms with Crippen molar-refractivity contribution in [3.05, 3.63) is 5.01 Å². The molecule has 6 nitrogen and oxygen atoms in total. The maximum absolute atomic E-state index is 12.0. The summed E-state index contributed by atoms with van der Waals surface area (Å²) in [5, 5.41) is 14.6. The Morgan fingerprint density at radius 3 is 2.91 bits per heavy atom. The normalized spacial score (nSPS) is 20.5. The lowest BCUT2D eigenvalue weighted by Gasteiger charge is -2.32. The van der Waals surface area contributed by atoms with Crippen molar-refractivity contribution in [2.45, 2.75) is 42.3 Å². The van der Waals surface area contributed by atoms with Gasteiger partial charge in [0.15, 0.2) is 4.34 Å². The van der Waals surface area contributed by atoms with Crippen LogP contribution in [-0.4, -0.2) is 50.9 Å². The summed E-state index contributed by atoms with van der Waals surface area (Å²) in [7, 11) is 0. The van der Waals surface area contributed by atoms with Gasteiger partial charge in [-0.1, -0.05) is 23.1 Å². The molecular formula is C13H20N4O2S3. The molecule has 122 valence electrons. The Morgan fingerprint density at radius 1 is 1.50 bits per heavy atom. The Bertz CT molecular complexity index is 547. The highest BCUT2D eigenvalue weighted by molar-refractivity contribution is 8.01. The molecule has 0 bridgehead atoms. The molecular weight excluding hydrogens is 340 g/mol. The molecule has 1 fully saturated rings. The SMILES string of the molecule is Cc1nnc(SCCCNC(=O)C2CSC(C)(C)C(=O)N2)s1. The summed E-state index contributed by atoms with van der Waals surface area (Å²) >= 11 is 4.74. The van der Waals surface area contributed by atoms with Gasteiger partial charge in [0.05, 0.1) is 4.75 Å². The Morgan fingerprint density at radius 2 is 2.27 bits per heavy atom. The van der Waals surface area contributed by atoms with Crippen LogP contribution in [0.2, 0.25) is 0 Å². The highest BCUT2D eigenvalue weighted by Gasteiger charge is 2.37. The van der Waals surface area contributed by atoms with Crippen LogP contribution in [0.25, 0.3) is 0 Å². The first kappa shape index (κ1) is 17.6. The fourth-order valence-corrected chi connectivity index (χ4v) is 4.61. The van der Waals surface area contributed by atoms with Crippen LogP contribution in [0.1, 0.15) is 25.3 Å². The summed E-state index contributed by atoms with van der Waals surface area (Å²) < 4.78 is 0.509. The molecule has 1 unspecified atom stereocenters. The van der Waals surface area contributed by atoms with Crippen LogP contribution in [0.3, 0.4) is 0 Å². The van der Waals surface area contributed by atoms with Gasteiger partial charge in [0.2, 0.25) is 11.8 Å². The highest BCUT2D eigenvalue weighted by Crippen LogP contribution is 2.29. The maximum atomic E-state index is 12.0. The molecule has 0 spiro atoms. The van der Waals surface area contributed by atoms with Crippen LogP contribution >= 0.6 is 34.9 Å². The Hall–Kier alpha value is -0.800. The van der Waals surface area contributed by atoms with Crippen LogP contribution in [0.15, 0.2) is 4.34 Å². The molecule has 0 aliphatic carbocycles. The number of aromatic nitrogens is 2. The first-order chi connectivity index (χ1) is 10.4. The summed E-state index contributed by atoms with van der Waals surface area (Å²) in [6, 6.07) is -0.427. The largest absolute Gasteiger partial charge is 0.354 e. The lowest BCUT2D eigenvalue weighted by Crippen LogP contribution is -2.57. The first-order valence-electron chi connectivity index (χ1n) is 7.04. The number of rotatable bonds is 6. The third-order valence-corrected chi connectivity index (χ3v) is 6.60. The molecule has 1 saturated heterocycles. The fraction of sp³-hybridized carbons (Fsp3) is 0.692. The van der Waals surface area contributed by atoms with E-state index in [0.29, 0.717) is 12.3 Å². The monoisotopic (exact) mass is 360 g/mol. The third kappa shape index (κ3) is 4.85. The first-order valence-corrected chi connectivity index (χ1v) is 9.83. The lowest BCUT2D eigenvalue weighted by atomic mass is 10.1. The number of thioether (sulfide) groups is 2. The molecule has 1 aliphatic rings. The van der Waals surface area contributed by atoms with Crippen LogP contribution in [-0.2, 0) is 9.59 Å². The molecule has 0 saturated carbocycles. The third-order valence-electron chi connectivity index (χ3n) is 3.13. The van der Waals surface area contributed by atoms with E-state index >= 15 is 0 Å². The van der Waals surface area contributed by atoms with E-state index in [-0.39, 0.29) is 11.8 Å². The number of hydrogen-bond acceptors (Lipinski definition) is 7. The minimum absolute atomic E-state index is 0.0777. The van der Waals surface area contributed by atoms with Crippen molar-refractivity contribution in [3.8, 4) is 0 Å². The van der Waals surface area contributed by atoms with E-state index in [1.54, 1.807) is 23.1 Å². The van der Waals surface area contributed by atoms with Crippen LogP contribution in [0.5, 0.6) is 0 Å². The quantitative estimate of drug-likeness (QED) is 0.590. The molecule has 0 aromatic carbocycles. The van der Waals surface area contributed by atoms with E-state index in [0.717, 1.165) is 21.5 Å². The summed E-state index contributed by atoms with van der Waals surface area (Å²) in [6.07, 6.45) is 0.855. The Labute approximate surface area is 142 Å². The number of carbonyl (C=O) groups is 2. The number of hydrogen-bond donors (Lipinski definition) is 2. The van der Waals surface area contributed by atoms with Crippen molar-refractivity contribution in [2.24, 2.45) is 0 Å². The fourth-order valence-electron chi connectivity index (χ4n) is 1.78. The van der Waals surface area contributed by atoms with Gasteiger partial charge in [-0.05, 0) is 27.2 Å². The maximum Gasteiger partial charge on any atom is 0.243 e. The Kier molecular flexibility index (Phi) is 6.10. The van der Waals surface area contributed by atoms with Gasteiger partial charge in [0.1, 0.15) is 11.0 Å². The molecule has 1 aromatic heterocycles. The predicted molar refractivity (Wildman–Crippen MR) is 91.5 cm³/mol. The van der Waals surface area contributed by atoms with Crippen molar-refractivity contribution in [3.63, 3.8) is 0 Å². The zero-order chi connectivity index (χ0) is 16.2. The average Bonchev–Trinajstić information content (AvgIpc) is 2.87. The van der Waals surface area contributed by atoms with E-state index in [1.165, 1.54) is 11.8 Å².